The average molecular weight is 266 g/mol. The Kier molecular flexibility index (Phi) is 4.82. The van der Waals surface area contributed by atoms with Gasteiger partial charge in [0, 0.05) is 27.9 Å². The smallest absolute Gasteiger partial charge is 0.0413 e. The van der Waals surface area contributed by atoms with Crippen LogP contribution in [0.15, 0.2) is 12.1 Å². The van der Waals surface area contributed by atoms with Crippen molar-refractivity contribution < 1.29 is 0 Å². The van der Waals surface area contributed by atoms with Crippen LogP contribution >= 0.6 is 11.3 Å². The van der Waals surface area contributed by atoms with E-state index in [1.54, 1.807) is 0 Å². The van der Waals surface area contributed by atoms with Gasteiger partial charge >= 0.3 is 0 Å². The topological polar surface area (TPSA) is 15.3 Å². The third-order valence-corrected chi connectivity index (χ3v) is 5.64. The number of hydrogen-bond acceptors (Lipinski definition) is 3. The summed E-state index contributed by atoms with van der Waals surface area (Å²) in [6.07, 6.45) is 5.30. The maximum absolute atomic E-state index is 3.41. The van der Waals surface area contributed by atoms with Gasteiger partial charge in [0.15, 0.2) is 0 Å². The van der Waals surface area contributed by atoms with E-state index < -0.39 is 0 Å². The highest BCUT2D eigenvalue weighted by Crippen LogP contribution is 2.31. The minimum absolute atomic E-state index is 0.555. The molecule has 1 fully saturated rings. The molecule has 1 N–H and O–H groups in total. The van der Waals surface area contributed by atoms with Crippen molar-refractivity contribution in [3.8, 4) is 0 Å². The van der Waals surface area contributed by atoms with Gasteiger partial charge in [-0.25, -0.2) is 0 Å². The lowest BCUT2D eigenvalue weighted by atomic mass is 9.90. The summed E-state index contributed by atoms with van der Waals surface area (Å²) in [6, 6.07) is 6.59. The molecule has 1 unspecified atom stereocenters. The van der Waals surface area contributed by atoms with Crippen LogP contribution in [0.3, 0.4) is 0 Å². The molecule has 1 aromatic heterocycles. The van der Waals surface area contributed by atoms with Gasteiger partial charge < -0.3 is 5.32 Å². The molecule has 1 heterocycles. The highest BCUT2D eigenvalue weighted by Gasteiger charge is 2.26. The Morgan fingerprint density at radius 2 is 1.94 bits per heavy atom. The van der Waals surface area contributed by atoms with E-state index in [1.165, 1.54) is 35.4 Å². The highest BCUT2D eigenvalue weighted by atomic mass is 32.1. The van der Waals surface area contributed by atoms with E-state index in [0.717, 1.165) is 12.1 Å². The first-order valence-corrected chi connectivity index (χ1v) is 7.89. The zero-order chi connectivity index (χ0) is 13.1. The van der Waals surface area contributed by atoms with E-state index in [-0.39, 0.29) is 0 Å². The second kappa shape index (κ2) is 6.18. The molecule has 0 radical (unpaired) electrons. The molecule has 2 nitrogen and oxygen atoms in total. The van der Waals surface area contributed by atoms with Crippen LogP contribution in [0, 0.1) is 6.92 Å². The monoisotopic (exact) mass is 266 g/mol. The van der Waals surface area contributed by atoms with Crippen molar-refractivity contribution >= 4 is 11.3 Å². The average Bonchev–Trinajstić information content (AvgIpc) is 2.84. The van der Waals surface area contributed by atoms with Crippen molar-refractivity contribution in [1.29, 1.82) is 0 Å². The molecule has 0 bridgehead atoms. The van der Waals surface area contributed by atoms with Crippen LogP contribution in [0.5, 0.6) is 0 Å². The number of rotatable bonds is 4. The van der Waals surface area contributed by atoms with Gasteiger partial charge in [-0.1, -0.05) is 0 Å². The summed E-state index contributed by atoms with van der Waals surface area (Å²) >= 11 is 1.94. The van der Waals surface area contributed by atoms with Gasteiger partial charge in [0.1, 0.15) is 0 Å². The summed E-state index contributed by atoms with van der Waals surface area (Å²) in [5.41, 5.74) is 0. The van der Waals surface area contributed by atoms with Gasteiger partial charge in [0.05, 0.1) is 0 Å². The second-order valence-corrected chi connectivity index (χ2v) is 6.90. The Balaban J connectivity index is 1.93. The van der Waals surface area contributed by atoms with E-state index in [1.807, 2.05) is 11.3 Å². The first kappa shape index (κ1) is 14.0. The maximum Gasteiger partial charge on any atom is 0.0413 e. The van der Waals surface area contributed by atoms with Crippen LogP contribution < -0.4 is 5.32 Å². The lowest BCUT2D eigenvalue weighted by Crippen LogP contribution is -2.40. The second-order valence-electron chi connectivity index (χ2n) is 5.58. The van der Waals surface area contributed by atoms with E-state index in [2.05, 4.69) is 50.3 Å². The van der Waals surface area contributed by atoms with E-state index in [4.69, 9.17) is 0 Å². The van der Waals surface area contributed by atoms with Crippen LogP contribution in [0.25, 0.3) is 0 Å². The van der Waals surface area contributed by atoms with E-state index in [0.29, 0.717) is 6.04 Å². The first-order valence-electron chi connectivity index (χ1n) is 7.07. The summed E-state index contributed by atoms with van der Waals surface area (Å²) in [5.74, 6) is 0. The molecule has 3 heteroatoms. The van der Waals surface area contributed by atoms with Crippen LogP contribution in [0.1, 0.15) is 48.4 Å². The molecule has 1 aromatic rings. The quantitative estimate of drug-likeness (QED) is 0.896. The van der Waals surface area contributed by atoms with Crippen LogP contribution in [-0.4, -0.2) is 31.1 Å². The number of hydrogen-bond donors (Lipinski definition) is 1. The van der Waals surface area contributed by atoms with Gasteiger partial charge in [-0.2, -0.15) is 0 Å². The normalized spacial score (nSPS) is 26.5. The van der Waals surface area contributed by atoms with Crippen LogP contribution in [0.2, 0.25) is 0 Å². The molecule has 0 aliphatic heterocycles. The van der Waals surface area contributed by atoms with Crippen molar-refractivity contribution in [1.82, 2.24) is 10.2 Å². The van der Waals surface area contributed by atoms with Crippen molar-refractivity contribution in [2.75, 3.05) is 14.1 Å². The lowest BCUT2D eigenvalue weighted by molar-refractivity contribution is 0.138. The van der Waals surface area contributed by atoms with Crippen molar-refractivity contribution in [3.05, 3.63) is 21.9 Å². The zero-order valence-corrected chi connectivity index (χ0v) is 12.9. The third-order valence-electron chi connectivity index (χ3n) is 4.46. The zero-order valence-electron chi connectivity index (χ0n) is 12.1. The summed E-state index contributed by atoms with van der Waals surface area (Å²) in [4.78, 5) is 5.51. The fraction of sp³-hybridized carbons (Fsp3) is 0.733. The number of nitrogens with one attached hydrogen (secondary N) is 1. The Hall–Kier alpha value is -0.380. The molecule has 1 aliphatic rings. The molecule has 0 spiro atoms. The Morgan fingerprint density at radius 1 is 1.28 bits per heavy atom. The third kappa shape index (κ3) is 3.14. The highest BCUT2D eigenvalue weighted by molar-refractivity contribution is 7.12. The summed E-state index contributed by atoms with van der Waals surface area (Å²) < 4.78 is 0. The number of thiophene rings is 1. The van der Waals surface area contributed by atoms with Gasteiger partial charge in [-0.15, -0.1) is 11.3 Å². The molecule has 2 rings (SSSR count). The van der Waals surface area contributed by atoms with Gasteiger partial charge in [0.25, 0.3) is 0 Å². The SMILES string of the molecule is CNC1CCC(N(C)C(C)c2ccc(C)s2)CC1. The standard InChI is InChI=1S/C15H26N2S/c1-11-5-10-15(18-11)12(2)17(4)14-8-6-13(16-3)7-9-14/h5,10,12-14,16H,6-9H2,1-4H3. The Morgan fingerprint density at radius 3 is 2.44 bits per heavy atom. The van der Waals surface area contributed by atoms with E-state index >= 15 is 0 Å². The molecule has 0 saturated heterocycles. The van der Waals surface area contributed by atoms with Crippen molar-refractivity contribution in [3.63, 3.8) is 0 Å². The molecule has 1 atom stereocenters. The summed E-state index contributed by atoms with van der Waals surface area (Å²) in [5, 5.41) is 3.41. The fourth-order valence-electron chi connectivity index (χ4n) is 2.97. The molecule has 1 saturated carbocycles. The molecule has 0 aromatic carbocycles. The van der Waals surface area contributed by atoms with E-state index in [9.17, 15) is 0 Å². The van der Waals surface area contributed by atoms with Crippen LogP contribution in [0.4, 0.5) is 0 Å². The van der Waals surface area contributed by atoms with Crippen molar-refractivity contribution in [2.45, 2.75) is 57.7 Å². The fourth-order valence-corrected chi connectivity index (χ4v) is 3.95. The number of aryl methyl sites for hydroxylation is 1. The van der Waals surface area contributed by atoms with Crippen LogP contribution in [-0.2, 0) is 0 Å². The minimum atomic E-state index is 0.555. The summed E-state index contributed by atoms with van der Waals surface area (Å²) in [7, 11) is 4.38. The van der Waals surface area contributed by atoms with Gasteiger partial charge in [0.2, 0.25) is 0 Å². The first-order chi connectivity index (χ1) is 8.61. The Labute approximate surface area is 115 Å². The minimum Gasteiger partial charge on any atom is -0.317 e. The van der Waals surface area contributed by atoms with Crippen molar-refractivity contribution in [2.24, 2.45) is 0 Å². The Bertz CT molecular complexity index is 366. The largest absolute Gasteiger partial charge is 0.317 e. The maximum atomic E-state index is 3.41. The predicted octanol–water partition coefficient (Wildman–Crippen LogP) is 3.58. The molecule has 0 amide bonds. The lowest BCUT2D eigenvalue weighted by Gasteiger charge is -2.37. The molecular formula is C15H26N2S. The molecule has 102 valence electrons. The van der Waals surface area contributed by atoms with Gasteiger partial charge in [-0.05, 0) is 65.8 Å². The molecular weight excluding hydrogens is 240 g/mol. The summed E-state index contributed by atoms with van der Waals surface area (Å²) in [6.45, 7) is 4.54. The molecule has 18 heavy (non-hydrogen) atoms. The molecule has 1 aliphatic carbocycles. The predicted molar refractivity (Wildman–Crippen MR) is 80.3 cm³/mol. The van der Waals surface area contributed by atoms with Gasteiger partial charge in [-0.3, -0.25) is 4.90 Å². The number of nitrogens with zero attached hydrogens (tertiary/aromatic N) is 1.